The normalized spacial score (nSPS) is 25.3. The molecule has 31 heavy (non-hydrogen) atoms. The van der Waals surface area contributed by atoms with Gasteiger partial charge in [0.15, 0.2) is 11.5 Å². The van der Waals surface area contributed by atoms with Crippen molar-refractivity contribution in [3.63, 3.8) is 0 Å². The number of anilines is 1. The second-order valence-corrected chi connectivity index (χ2v) is 8.51. The van der Waals surface area contributed by atoms with Crippen LogP contribution in [0.1, 0.15) is 44.1 Å². The van der Waals surface area contributed by atoms with Crippen LogP contribution in [0.2, 0.25) is 0 Å². The lowest BCUT2D eigenvalue weighted by Crippen LogP contribution is -2.44. The van der Waals surface area contributed by atoms with Gasteiger partial charge in [-0.05, 0) is 50.2 Å². The van der Waals surface area contributed by atoms with Gasteiger partial charge in [0.1, 0.15) is 5.82 Å². The van der Waals surface area contributed by atoms with Gasteiger partial charge in [-0.15, -0.1) is 0 Å². The third-order valence-corrected chi connectivity index (χ3v) is 6.57. The Labute approximate surface area is 177 Å². The Kier molecular flexibility index (Phi) is 5.11. The van der Waals surface area contributed by atoms with E-state index in [0.717, 1.165) is 23.3 Å². The van der Waals surface area contributed by atoms with Gasteiger partial charge < -0.3 is 9.64 Å². The third kappa shape index (κ3) is 3.77. The molecule has 2 aliphatic rings. The fraction of sp³-hybridized carbons (Fsp3) is 0.571. The highest BCUT2D eigenvalue weighted by Gasteiger charge is 2.42. The lowest BCUT2D eigenvalue weighted by atomic mass is 9.78. The number of halogens is 3. The molecule has 3 aromatic rings. The summed E-state index contributed by atoms with van der Waals surface area (Å²) >= 11 is 0. The molecule has 4 heterocycles. The van der Waals surface area contributed by atoms with Crippen LogP contribution in [-0.4, -0.2) is 56.9 Å². The summed E-state index contributed by atoms with van der Waals surface area (Å²) in [7, 11) is 0. The van der Waals surface area contributed by atoms with E-state index < -0.39 is 12.1 Å². The summed E-state index contributed by atoms with van der Waals surface area (Å²) in [5, 5.41) is 12.3. The van der Waals surface area contributed by atoms with Gasteiger partial charge in [-0.3, -0.25) is 5.10 Å². The number of pyridine rings is 1. The van der Waals surface area contributed by atoms with Crippen LogP contribution in [-0.2, 0) is 4.74 Å². The van der Waals surface area contributed by atoms with Gasteiger partial charge >= 0.3 is 6.18 Å². The van der Waals surface area contributed by atoms with E-state index in [2.05, 4.69) is 33.2 Å². The van der Waals surface area contributed by atoms with Gasteiger partial charge in [-0.1, -0.05) is 0 Å². The molecule has 1 saturated carbocycles. The van der Waals surface area contributed by atoms with Gasteiger partial charge in [0, 0.05) is 18.0 Å². The number of H-pyrrole nitrogens is 1. The van der Waals surface area contributed by atoms with Crippen LogP contribution in [0.25, 0.3) is 16.9 Å². The number of hydrogen-bond acceptors (Lipinski definition) is 5. The van der Waals surface area contributed by atoms with Crippen LogP contribution in [0, 0.1) is 5.92 Å². The number of hydrogen-bond donors (Lipinski definition) is 1. The molecule has 7 nitrogen and oxygen atoms in total. The number of morpholine rings is 1. The zero-order valence-corrected chi connectivity index (χ0v) is 17.3. The van der Waals surface area contributed by atoms with Gasteiger partial charge in [0.05, 0.1) is 37.6 Å². The number of aromatic amines is 1. The molecule has 1 N–H and O–H groups in total. The van der Waals surface area contributed by atoms with E-state index >= 15 is 0 Å². The molecule has 10 heteroatoms. The minimum absolute atomic E-state index is 0.0543. The zero-order valence-electron chi connectivity index (χ0n) is 17.3. The molecular formula is C21H25F3N6O. The molecule has 0 radical (unpaired) electrons. The Bertz CT molecular complexity index is 1040. The first-order chi connectivity index (χ1) is 14.9. The fourth-order valence-electron chi connectivity index (χ4n) is 4.84. The molecule has 1 aliphatic heterocycles. The molecule has 0 amide bonds. The van der Waals surface area contributed by atoms with Crippen molar-refractivity contribution in [2.75, 3.05) is 24.7 Å². The van der Waals surface area contributed by atoms with Gasteiger partial charge in [0.25, 0.3) is 0 Å². The first kappa shape index (κ1) is 20.3. The Morgan fingerprint density at radius 2 is 2.00 bits per heavy atom. The summed E-state index contributed by atoms with van der Waals surface area (Å²) in [4.78, 5) is 7.12. The molecule has 5 rings (SSSR count). The first-order valence-corrected chi connectivity index (χ1v) is 10.7. The minimum atomic E-state index is -4.11. The number of alkyl halides is 3. The van der Waals surface area contributed by atoms with Gasteiger partial charge in [-0.25, -0.2) is 4.98 Å². The van der Waals surface area contributed by atoms with Crippen molar-refractivity contribution in [1.29, 1.82) is 0 Å². The topological polar surface area (TPSA) is 71.9 Å². The number of aromatic nitrogens is 5. The van der Waals surface area contributed by atoms with Crippen LogP contribution in [0.4, 0.5) is 19.0 Å². The van der Waals surface area contributed by atoms with Crippen LogP contribution >= 0.6 is 0 Å². The summed E-state index contributed by atoms with van der Waals surface area (Å²) < 4.78 is 46.8. The Hall–Kier alpha value is -2.62. The van der Waals surface area contributed by atoms with Crippen molar-refractivity contribution in [3.8, 4) is 5.82 Å². The number of rotatable bonds is 3. The number of nitrogens with zero attached hydrogens (tertiary/aromatic N) is 5. The molecule has 0 unspecified atom stereocenters. The Balaban J connectivity index is 1.57. The summed E-state index contributed by atoms with van der Waals surface area (Å²) in [6.45, 7) is 4.05. The standard InChI is InChI=1S/C21H25F3N6O/c1-13-12-31-9-8-29(13)19-10-16(14-2-4-15(5-3-14)21(22,23)24)17-11-26-30(20(17)27-19)18-6-7-25-28-18/h6-7,10-11,13-15H,2-5,8-9,12H2,1H3,(H,25,28)/t13-,14?,15?/m1/s1. The third-order valence-electron chi connectivity index (χ3n) is 6.57. The Morgan fingerprint density at radius 3 is 2.68 bits per heavy atom. The van der Waals surface area contributed by atoms with Crippen molar-refractivity contribution < 1.29 is 17.9 Å². The maximum atomic E-state index is 13.2. The maximum absolute atomic E-state index is 13.2. The lowest BCUT2D eigenvalue weighted by molar-refractivity contribution is -0.182. The van der Waals surface area contributed by atoms with E-state index in [4.69, 9.17) is 9.72 Å². The van der Waals surface area contributed by atoms with E-state index in [-0.39, 0.29) is 24.8 Å². The second kappa shape index (κ2) is 7.81. The fourth-order valence-corrected chi connectivity index (χ4v) is 4.84. The second-order valence-electron chi connectivity index (χ2n) is 8.51. The molecule has 3 aromatic heterocycles. The average Bonchev–Trinajstić information content (AvgIpc) is 3.42. The van der Waals surface area contributed by atoms with E-state index in [0.29, 0.717) is 37.5 Å². The van der Waals surface area contributed by atoms with Crippen LogP contribution < -0.4 is 4.90 Å². The largest absolute Gasteiger partial charge is 0.391 e. The van der Waals surface area contributed by atoms with Crippen molar-refractivity contribution in [2.24, 2.45) is 5.92 Å². The maximum Gasteiger partial charge on any atom is 0.391 e. The summed E-state index contributed by atoms with van der Waals surface area (Å²) in [6.07, 6.45) is 0.647. The van der Waals surface area contributed by atoms with Crippen molar-refractivity contribution in [1.82, 2.24) is 25.0 Å². The SMILES string of the molecule is C[C@@H]1COCCN1c1cc(C2CCC(C(F)(F)F)CC2)c2cnn(-c3ccn[nH]3)c2n1. The summed E-state index contributed by atoms with van der Waals surface area (Å²) in [5.74, 6) is 0.366. The van der Waals surface area contributed by atoms with Crippen LogP contribution in [0.3, 0.4) is 0 Å². The summed E-state index contributed by atoms with van der Waals surface area (Å²) in [6, 6.07) is 4.03. The molecule has 166 valence electrons. The number of nitrogens with one attached hydrogen (secondary N) is 1. The molecular weight excluding hydrogens is 409 g/mol. The molecule has 0 spiro atoms. The molecule has 1 saturated heterocycles. The minimum Gasteiger partial charge on any atom is -0.377 e. The van der Waals surface area contributed by atoms with Gasteiger partial charge in [-0.2, -0.15) is 28.1 Å². The lowest BCUT2D eigenvalue weighted by Gasteiger charge is -2.35. The highest BCUT2D eigenvalue weighted by molar-refractivity contribution is 5.83. The highest BCUT2D eigenvalue weighted by atomic mass is 19.4. The van der Waals surface area contributed by atoms with E-state index in [1.54, 1.807) is 17.1 Å². The zero-order chi connectivity index (χ0) is 21.6. The number of fused-ring (bicyclic) bond motifs is 1. The van der Waals surface area contributed by atoms with E-state index in [1.165, 1.54) is 0 Å². The molecule has 0 bridgehead atoms. The smallest absolute Gasteiger partial charge is 0.377 e. The summed E-state index contributed by atoms with van der Waals surface area (Å²) in [5.41, 5.74) is 1.72. The van der Waals surface area contributed by atoms with E-state index in [1.807, 2.05) is 6.07 Å². The molecule has 2 fully saturated rings. The molecule has 0 aromatic carbocycles. The van der Waals surface area contributed by atoms with Crippen molar-refractivity contribution >= 4 is 16.9 Å². The molecule has 1 aliphatic carbocycles. The predicted octanol–water partition coefficient (Wildman–Crippen LogP) is 4.20. The average molecular weight is 434 g/mol. The monoisotopic (exact) mass is 434 g/mol. The van der Waals surface area contributed by atoms with Crippen LogP contribution in [0.15, 0.2) is 24.5 Å². The predicted molar refractivity (Wildman–Crippen MR) is 109 cm³/mol. The van der Waals surface area contributed by atoms with Crippen molar-refractivity contribution in [2.45, 2.75) is 50.7 Å². The van der Waals surface area contributed by atoms with Gasteiger partial charge in [0.2, 0.25) is 0 Å². The quantitative estimate of drug-likeness (QED) is 0.669. The highest BCUT2D eigenvalue weighted by Crippen LogP contribution is 2.45. The van der Waals surface area contributed by atoms with Crippen molar-refractivity contribution in [3.05, 3.63) is 30.1 Å². The molecule has 1 atom stereocenters. The van der Waals surface area contributed by atoms with E-state index in [9.17, 15) is 13.2 Å². The van der Waals surface area contributed by atoms with Crippen LogP contribution in [0.5, 0.6) is 0 Å². The Morgan fingerprint density at radius 1 is 1.19 bits per heavy atom. The number of ether oxygens (including phenoxy) is 1. The first-order valence-electron chi connectivity index (χ1n) is 10.7.